The van der Waals surface area contributed by atoms with E-state index in [1.807, 2.05) is 18.3 Å². The summed E-state index contributed by atoms with van der Waals surface area (Å²) in [6.45, 7) is 10.6. The molecule has 0 amide bonds. The van der Waals surface area contributed by atoms with Crippen molar-refractivity contribution < 1.29 is 4.42 Å². The minimum absolute atomic E-state index is 0.803. The Morgan fingerprint density at radius 2 is 1.27 bits per heavy atom. The molecule has 4 heterocycles. The lowest BCUT2D eigenvalue weighted by atomic mass is 9.92. The third-order valence-corrected chi connectivity index (χ3v) is 15.1. The monoisotopic (exact) mass is 939 g/mol. The number of fused-ring (bicyclic) bond motifs is 9. The highest BCUT2D eigenvalue weighted by Gasteiger charge is 2.22. The Morgan fingerprint density at radius 1 is 0.589 bits per heavy atom. The highest BCUT2D eigenvalue weighted by Crippen LogP contribution is 2.42. The highest BCUT2D eigenvalue weighted by molar-refractivity contribution is 6.12. The van der Waals surface area contributed by atoms with Crippen LogP contribution in [0.15, 0.2) is 229 Å². The SMILES string of the molecule is C=C/C(=C(C)\C=C/C)c1ccc(-c2ccc3c(c2)c2cc(-c4cccc(-c5ccc6c(c5)c5c(n6C6=CCCC=C6)C=CC(c6ccc7c(c6)oc6ccncc67)=CC5)c4)ccc2n3-c2ccccc2)cc1C. The van der Waals surface area contributed by atoms with Gasteiger partial charge in [-0.3, -0.25) is 4.98 Å². The average molecular weight is 940 g/mol. The third kappa shape index (κ3) is 7.57. The quantitative estimate of drug-likeness (QED) is 0.135. The van der Waals surface area contributed by atoms with Crippen molar-refractivity contribution in [3.8, 4) is 39.1 Å². The first-order valence-electron chi connectivity index (χ1n) is 25.4. The van der Waals surface area contributed by atoms with Crippen LogP contribution in [0.25, 0.3) is 117 Å². The number of allylic oxidation sites excluding steroid dienone is 12. The zero-order valence-electron chi connectivity index (χ0n) is 41.4. The molecule has 4 heteroatoms. The second-order valence-corrected chi connectivity index (χ2v) is 19.5. The van der Waals surface area contributed by atoms with E-state index in [1.165, 1.54) is 105 Å². The van der Waals surface area contributed by atoms with Gasteiger partial charge < -0.3 is 13.6 Å². The molecule has 11 aromatic rings. The molecule has 7 aromatic carbocycles. The van der Waals surface area contributed by atoms with Crippen LogP contribution >= 0.6 is 0 Å². The van der Waals surface area contributed by atoms with Crippen molar-refractivity contribution >= 4 is 77.6 Å². The van der Waals surface area contributed by atoms with Gasteiger partial charge in [0.1, 0.15) is 11.2 Å². The van der Waals surface area contributed by atoms with Crippen molar-refractivity contribution in [2.45, 2.75) is 40.0 Å². The molecular formula is C69H53N3O. The summed E-state index contributed by atoms with van der Waals surface area (Å²) >= 11 is 0. The first-order chi connectivity index (χ1) is 35.9. The van der Waals surface area contributed by atoms with Gasteiger partial charge in [-0.15, -0.1) is 0 Å². The molecule has 4 aromatic heterocycles. The van der Waals surface area contributed by atoms with Gasteiger partial charge >= 0.3 is 0 Å². The fourth-order valence-corrected chi connectivity index (χ4v) is 11.5. The van der Waals surface area contributed by atoms with Crippen LogP contribution in [0.4, 0.5) is 0 Å². The molecule has 0 radical (unpaired) electrons. The summed E-state index contributed by atoms with van der Waals surface area (Å²) in [4.78, 5) is 4.35. The smallest absolute Gasteiger partial charge is 0.138 e. The Hall–Kier alpha value is -8.99. The molecule has 13 rings (SSSR count). The van der Waals surface area contributed by atoms with Gasteiger partial charge in [0, 0.05) is 50.7 Å². The number of pyridine rings is 1. The van der Waals surface area contributed by atoms with E-state index in [1.54, 1.807) is 6.20 Å². The molecule has 0 saturated heterocycles. The van der Waals surface area contributed by atoms with Gasteiger partial charge in [-0.05, 0) is 197 Å². The Bertz CT molecular complexity index is 4270. The van der Waals surface area contributed by atoms with Crippen LogP contribution in [0.5, 0.6) is 0 Å². The highest BCUT2D eigenvalue weighted by atomic mass is 16.3. The fraction of sp³-hybridized carbons (Fsp3) is 0.0870. The van der Waals surface area contributed by atoms with Gasteiger partial charge in [0.15, 0.2) is 0 Å². The molecule has 2 aliphatic rings. The zero-order chi connectivity index (χ0) is 49.2. The number of rotatable bonds is 9. The minimum atomic E-state index is 0.803. The second-order valence-electron chi connectivity index (χ2n) is 19.5. The Labute approximate surface area is 425 Å². The first kappa shape index (κ1) is 44.0. The van der Waals surface area contributed by atoms with Gasteiger partial charge in [0.25, 0.3) is 0 Å². The van der Waals surface area contributed by atoms with Gasteiger partial charge in [0.05, 0.1) is 22.2 Å². The molecule has 0 bridgehead atoms. The van der Waals surface area contributed by atoms with E-state index in [4.69, 9.17) is 4.42 Å². The number of aromatic nitrogens is 3. The topological polar surface area (TPSA) is 35.9 Å². The maximum atomic E-state index is 6.29. The summed E-state index contributed by atoms with van der Waals surface area (Å²) in [5.74, 6) is 0. The number of para-hydroxylation sites is 1. The molecular weight excluding hydrogens is 887 g/mol. The van der Waals surface area contributed by atoms with E-state index in [9.17, 15) is 0 Å². The van der Waals surface area contributed by atoms with E-state index in [-0.39, 0.29) is 0 Å². The zero-order valence-corrected chi connectivity index (χ0v) is 41.4. The molecule has 4 nitrogen and oxygen atoms in total. The predicted molar refractivity (Wildman–Crippen MR) is 310 cm³/mol. The predicted octanol–water partition coefficient (Wildman–Crippen LogP) is 18.7. The summed E-state index contributed by atoms with van der Waals surface area (Å²) in [6.07, 6.45) is 26.7. The van der Waals surface area contributed by atoms with Crippen molar-refractivity contribution in [3.05, 3.63) is 253 Å². The lowest BCUT2D eigenvalue weighted by molar-refractivity contribution is 0.668. The largest absolute Gasteiger partial charge is 0.456 e. The number of nitrogens with zero attached hydrogens (tertiary/aromatic N) is 3. The minimum Gasteiger partial charge on any atom is -0.456 e. The summed E-state index contributed by atoms with van der Waals surface area (Å²) in [7, 11) is 0. The van der Waals surface area contributed by atoms with E-state index >= 15 is 0 Å². The van der Waals surface area contributed by atoms with Crippen LogP contribution in [0.2, 0.25) is 0 Å². The van der Waals surface area contributed by atoms with Crippen molar-refractivity contribution in [1.82, 2.24) is 14.1 Å². The molecule has 0 fully saturated rings. The maximum Gasteiger partial charge on any atom is 0.138 e. The summed E-state index contributed by atoms with van der Waals surface area (Å²) in [5.41, 5.74) is 24.5. The molecule has 0 aliphatic heterocycles. The van der Waals surface area contributed by atoms with Gasteiger partial charge in [0.2, 0.25) is 0 Å². The lowest BCUT2D eigenvalue weighted by Gasteiger charge is -2.13. The molecule has 350 valence electrons. The Kier molecular flexibility index (Phi) is 10.8. The Morgan fingerprint density at radius 3 is 1.97 bits per heavy atom. The van der Waals surface area contributed by atoms with Gasteiger partial charge in [-0.2, -0.15) is 0 Å². The van der Waals surface area contributed by atoms with Crippen LogP contribution in [-0.4, -0.2) is 14.1 Å². The van der Waals surface area contributed by atoms with Crippen LogP contribution in [0.1, 0.15) is 54.6 Å². The van der Waals surface area contributed by atoms with Crippen LogP contribution < -0.4 is 0 Å². The standard InChI is InChI=1S/C69H53N3O/c1-5-14-44(3)56(6-2)57-28-22-49(37-45(57)4)52-27-34-67-62(41-52)61-40-51(26-33-66(61)72(67)55-19-11-8-12-20-55)48-16-13-15-47(38-48)50-25-32-65-60(39-50)58-29-21-46(24-31-64(58)71(65)54-17-9-7-10-18-54)53-23-30-59-63-43-70-36-35-68(63)73-69(59)42-53/h5-6,8-9,11-28,30-43H,2,7,10,29H2,1,3-4H3/b14-5-,56-44+. The number of benzene rings is 7. The number of aryl methyl sites for hydroxylation is 1. The molecule has 0 unspecified atom stereocenters. The molecule has 0 saturated carbocycles. The van der Waals surface area contributed by atoms with Gasteiger partial charge in [-0.1, -0.05) is 128 Å². The first-order valence-corrected chi connectivity index (χ1v) is 25.4. The van der Waals surface area contributed by atoms with Crippen molar-refractivity contribution in [2.24, 2.45) is 0 Å². The normalized spacial score (nSPS) is 14.1. The summed E-state index contributed by atoms with van der Waals surface area (Å²) in [5, 5.41) is 5.85. The van der Waals surface area contributed by atoms with Crippen molar-refractivity contribution in [2.75, 3.05) is 0 Å². The Balaban J connectivity index is 0.892. The molecule has 2 aliphatic carbocycles. The van der Waals surface area contributed by atoms with Crippen molar-refractivity contribution in [3.63, 3.8) is 0 Å². The van der Waals surface area contributed by atoms with Crippen LogP contribution in [0.3, 0.4) is 0 Å². The summed E-state index contributed by atoms with van der Waals surface area (Å²) < 4.78 is 11.2. The molecule has 0 atom stereocenters. The number of furan rings is 1. The second kappa shape index (κ2) is 18.0. The van der Waals surface area contributed by atoms with E-state index in [0.717, 1.165) is 58.0 Å². The molecule has 0 N–H and O–H groups in total. The summed E-state index contributed by atoms with van der Waals surface area (Å²) in [6, 6.07) is 56.1. The van der Waals surface area contributed by atoms with E-state index in [0.29, 0.717) is 0 Å². The van der Waals surface area contributed by atoms with Crippen molar-refractivity contribution in [1.29, 1.82) is 0 Å². The van der Waals surface area contributed by atoms with Crippen LogP contribution in [-0.2, 0) is 6.42 Å². The number of hydrogen-bond acceptors (Lipinski definition) is 2. The molecule has 0 spiro atoms. The number of hydrogen-bond donors (Lipinski definition) is 0. The third-order valence-electron chi connectivity index (χ3n) is 15.1. The van der Waals surface area contributed by atoms with E-state index < -0.39 is 0 Å². The lowest BCUT2D eigenvalue weighted by Crippen LogP contribution is -2.00. The fourth-order valence-electron chi connectivity index (χ4n) is 11.5. The van der Waals surface area contributed by atoms with Crippen LogP contribution in [0, 0.1) is 6.92 Å². The maximum absolute atomic E-state index is 6.29. The van der Waals surface area contributed by atoms with Gasteiger partial charge in [-0.25, -0.2) is 0 Å². The average Bonchev–Trinajstić information content (AvgIpc) is 4.02. The molecule has 73 heavy (non-hydrogen) atoms. The van der Waals surface area contributed by atoms with E-state index in [2.05, 4.69) is 236 Å².